The second-order valence-electron chi connectivity index (χ2n) is 18.5. The number of halogens is 2. The summed E-state index contributed by atoms with van der Waals surface area (Å²) in [7, 11) is 2.32. The van der Waals surface area contributed by atoms with Gasteiger partial charge < -0.3 is 23.3 Å². The van der Waals surface area contributed by atoms with Crippen LogP contribution in [0.3, 0.4) is 0 Å². The molecule has 13 heteroatoms. The Hall–Kier alpha value is -7.35. The Balaban J connectivity index is 0.000000191. The van der Waals surface area contributed by atoms with Gasteiger partial charge in [-0.05, 0) is 170 Å². The number of ether oxygens (including phenoxy) is 2. The SMILES string of the molecule is COC(=O)c1cc(C2(c3ccc(C=C=C=C=C=C=O)c(C(=O)OC)c3)c3cc(Br)ccc3-c3ccc(Br)cc32)ccc1C.Cc1cc(-n2c3ccncc3c3cnccc32)ccc1B1OC(C)(C)C(C)(C)O1. The van der Waals surface area contributed by atoms with Gasteiger partial charge >= 0.3 is 19.1 Å². The molecule has 5 aromatic carbocycles. The Morgan fingerprint density at radius 1 is 0.653 bits per heavy atom. The van der Waals surface area contributed by atoms with Gasteiger partial charge in [-0.1, -0.05) is 80.1 Å². The third-order valence-electron chi connectivity index (χ3n) is 13.9. The number of aryl methyl sites for hydroxylation is 2. The van der Waals surface area contributed by atoms with Crippen LogP contribution in [0.2, 0.25) is 0 Å². The first-order valence-corrected chi connectivity index (χ1v) is 24.5. The van der Waals surface area contributed by atoms with E-state index in [0.29, 0.717) is 16.7 Å². The molecule has 72 heavy (non-hydrogen) atoms. The quantitative estimate of drug-likeness (QED) is 0.0665. The highest BCUT2D eigenvalue weighted by Gasteiger charge is 2.52. The van der Waals surface area contributed by atoms with E-state index in [4.69, 9.17) is 18.8 Å². The minimum atomic E-state index is -0.938. The molecule has 0 saturated carbocycles. The Morgan fingerprint density at radius 2 is 1.21 bits per heavy atom. The van der Waals surface area contributed by atoms with Crippen molar-refractivity contribution in [2.24, 2.45) is 0 Å². The predicted octanol–water partition coefficient (Wildman–Crippen LogP) is 12.1. The number of aromatic nitrogens is 3. The van der Waals surface area contributed by atoms with Crippen molar-refractivity contribution in [2.75, 3.05) is 14.2 Å². The van der Waals surface area contributed by atoms with Crippen LogP contribution in [-0.2, 0) is 29.0 Å². The first-order valence-electron chi connectivity index (χ1n) is 22.9. The molecule has 1 aliphatic carbocycles. The van der Waals surface area contributed by atoms with Crippen molar-refractivity contribution in [1.82, 2.24) is 14.5 Å². The largest absolute Gasteiger partial charge is 0.495 e. The summed E-state index contributed by atoms with van der Waals surface area (Å²) in [6.07, 6.45) is 9.02. The van der Waals surface area contributed by atoms with E-state index in [1.807, 2.05) is 86.3 Å². The summed E-state index contributed by atoms with van der Waals surface area (Å²) in [5.41, 5.74) is 21.4. The summed E-state index contributed by atoms with van der Waals surface area (Å²) in [5.74, 6) is 0.486. The van der Waals surface area contributed by atoms with E-state index in [1.165, 1.54) is 20.2 Å². The summed E-state index contributed by atoms with van der Waals surface area (Å²) >= 11 is 7.35. The number of benzene rings is 5. The van der Waals surface area contributed by atoms with E-state index in [-0.39, 0.29) is 18.3 Å². The smallest absolute Gasteiger partial charge is 0.465 e. The average molecular weight is 1080 g/mol. The van der Waals surface area contributed by atoms with Crippen LogP contribution < -0.4 is 5.46 Å². The summed E-state index contributed by atoms with van der Waals surface area (Å²) in [5, 5.41) is 2.20. The number of rotatable bonds is 7. The van der Waals surface area contributed by atoms with Gasteiger partial charge in [-0.3, -0.25) is 9.97 Å². The third kappa shape index (κ3) is 8.68. The van der Waals surface area contributed by atoms with E-state index in [1.54, 1.807) is 12.1 Å². The van der Waals surface area contributed by atoms with Crippen LogP contribution in [0, 0.1) is 13.8 Å². The fourth-order valence-electron chi connectivity index (χ4n) is 9.67. The van der Waals surface area contributed by atoms with Gasteiger partial charge in [-0.25, -0.2) is 14.4 Å². The second kappa shape index (κ2) is 19.7. The molecule has 0 spiro atoms. The maximum absolute atomic E-state index is 13.2. The zero-order valence-corrected chi connectivity index (χ0v) is 43.9. The van der Waals surface area contributed by atoms with Gasteiger partial charge in [0, 0.05) is 61.7 Å². The molecule has 0 atom stereocenters. The van der Waals surface area contributed by atoms with Gasteiger partial charge in [0.25, 0.3) is 0 Å². The molecule has 10 rings (SSSR count). The van der Waals surface area contributed by atoms with Gasteiger partial charge in [-0.2, -0.15) is 0 Å². The lowest BCUT2D eigenvalue weighted by Gasteiger charge is -2.35. The van der Waals surface area contributed by atoms with E-state index >= 15 is 0 Å². The molecule has 2 aliphatic rings. The second-order valence-corrected chi connectivity index (χ2v) is 20.3. The van der Waals surface area contributed by atoms with Crippen LogP contribution in [0.5, 0.6) is 0 Å². The Kier molecular flexibility index (Phi) is 13.6. The Bertz CT molecular complexity index is 3630. The van der Waals surface area contributed by atoms with E-state index in [0.717, 1.165) is 86.4 Å². The molecule has 0 N–H and O–H groups in total. The first kappa shape index (κ1) is 49.6. The van der Waals surface area contributed by atoms with Crippen LogP contribution in [0.1, 0.15) is 87.4 Å². The van der Waals surface area contributed by atoms with Gasteiger partial charge in [0.05, 0.1) is 53.0 Å². The number of carbonyl (C=O) groups is 2. The number of nitrogens with zero attached hydrogens (tertiary/aromatic N) is 3. The first-order chi connectivity index (χ1) is 34.5. The minimum Gasteiger partial charge on any atom is -0.465 e. The van der Waals surface area contributed by atoms with Crippen LogP contribution >= 0.6 is 31.9 Å². The average Bonchev–Trinajstić information content (AvgIpc) is 3.94. The van der Waals surface area contributed by atoms with Crippen molar-refractivity contribution >= 4 is 90.2 Å². The molecule has 1 fully saturated rings. The van der Waals surface area contributed by atoms with Crippen molar-refractivity contribution in [2.45, 2.75) is 58.2 Å². The summed E-state index contributed by atoms with van der Waals surface area (Å²) in [4.78, 5) is 45.0. The molecule has 4 heterocycles. The van der Waals surface area contributed by atoms with Crippen molar-refractivity contribution in [3.8, 4) is 16.8 Å². The molecule has 10 nitrogen and oxygen atoms in total. The predicted molar refractivity (Wildman–Crippen MR) is 288 cm³/mol. The highest BCUT2D eigenvalue weighted by atomic mass is 79.9. The zero-order valence-electron chi connectivity index (χ0n) is 40.7. The lowest BCUT2D eigenvalue weighted by atomic mass is 9.67. The lowest BCUT2D eigenvalue weighted by molar-refractivity contribution is 0.00578. The maximum Gasteiger partial charge on any atom is 0.495 e. The van der Waals surface area contributed by atoms with Crippen molar-refractivity contribution in [3.05, 3.63) is 210 Å². The molecular weight excluding hydrogens is 1030 g/mol. The van der Waals surface area contributed by atoms with Crippen LogP contribution in [0.25, 0.3) is 44.7 Å². The van der Waals surface area contributed by atoms with Crippen molar-refractivity contribution < 1.29 is 33.2 Å². The fourth-order valence-corrected chi connectivity index (χ4v) is 10.4. The molecule has 1 aliphatic heterocycles. The normalized spacial score (nSPS) is 14.3. The van der Waals surface area contributed by atoms with Gasteiger partial charge in [0.15, 0.2) is 5.94 Å². The third-order valence-corrected chi connectivity index (χ3v) is 14.9. The number of methoxy groups -OCH3 is 2. The maximum atomic E-state index is 13.2. The molecule has 356 valence electrons. The van der Waals surface area contributed by atoms with E-state index in [9.17, 15) is 14.4 Å². The Morgan fingerprint density at radius 3 is 1.76 bits per heavy atom. The van der Waals surface area contributed by atoms with Crippen LogP contribution in [0.4, 0.5) is 0 Å². The molecular formula is C59H46BBr2N3O7. The minimum absolute atomic E-state index is 0.295. The van der Waals surface area contributed by atoms with Crippen molar-refractivity contribution in [1.29, 1.82) is 0 Å². The molecule has 3 aromatic heterocycles. The lowest BCUT2D eigenvalue weighted by Crippen LogP contribution is -2.41. The molecule has 0 unspecified atom stereocenters. The van der Waals surface area contributed by atoms with E-state index in [2.05, 4.69) is 146 Å². The summed E-state index contributed by atoms with van der Waals surface area (Å²) in [6, 6.07) is 34.2. The number of pyridine rings is 2. The monoisotopic (exact) mass is 1080 g/mol. The number of hydrogen-bond donors (Lipinski definition) is 0. The molecule has 0 bridgehead atoms. The zero-order chi connectivity index (χ0) is 51.1. The topological polar surface area (TPSA) is 119 Å². The number of esters is 2. The van der Waals surface area contributed by atoms with Gasteiger partial charge in [-0.15, -0.1) is 0 Å². The van der Waals surface area contributed by atoms with Gasteiger partial charge in [0.2, 0.25) is 0 Å². The standard InChI is InChI=1S/C36H22Br2O5.C23H24BN3O2/c1-22-9-11-24(18-30(22)34(40)42-2)36(32-20-26(37)13-15-28(32)29-16-14-27(38)21-33(29)36)25-12-10-23(8-6-4-5-7-17-39)31(19-25)35(41)43-3;1-15-12-16(6-7-19(15)24-28-22(2,3)23(4,5)29-24)27-20-8-10-25-13-17(20)18-14-26-11-9-21(18)27/h8-16,18-21H,1-3H3;6-14H,1-5H3. The highest BCUT2D eigenvalue weighted by molar-refractivity contribution is 9.10. The van der Waals surface area contributed by atoms with Gasteiger partial charge in [0.1, 0.15) is 0 Å². The number of carbonyl (C=O) groups excluding carboxylic acids is 3. The highest BCUT2D eigenvalue weighted by Crippen LogP contribution is 2.57. The van der Waals surface area contributed by atoms with Crippen LogP contribution in [0.15, 0.2) is 160 Å². The fraction of sp³-hybridized carbons (Fsp3) is 0.186. The number of hydrogen-bond acceptors (Lipinski definition) is 9. The molecule has 8 aromatic rings. The number of fused-ring (bicyclic) bond motifs is 6. The molecule has 1 saturated heterocycles. The molecule has 0 radical (unpaired) electrons. The van der Waals surface area contributed by atoms with Crippen molar-refractivity contribution in [3.63, 3.8) is 0 Å². The molecule has 0 amide bonds. The Labute approximate surface area is 434 Å². The summed E-state index contributed by atoms with van der Waals surface area (Å²) < 4.78 is 26.8. The van der Waals surface area contributed by atoms with E-state index < -0.39 is 17.4 Å². The summed E-state index contributed by atoms with van der Waals surface area (Å²) in [6.45, 7) is 12.3. The van der Waals surface area contributed by atoms with Crippen LogP contribution in [-0.4, -0.2) is 65.0 Å².